The molecule has 0 aromatic rings. The zero-order valence-corrected chi connectivity index (χ0v) is 14.6. The predicted molar refractivity (Wildman–Crippen MR) is 87.5 cm³/mol. The average molecular weight is 304 g/mol. The van der Waals surface area contributed by atoms with E-state index in [1.807, 2.05) is 7.11 Å². The van der Waals surface area contributed by atoms with Gasteiger partial charge in [0, 0.05) is 18.9 Å². The monoisotopic (exact) mass is 304 g/mol. The van der Waals surface area contributed by atoms with E-state index in [1.54, 1.807) is 0 Å². The number of carbonyl (C=O) groups is 1. The Bertz CT molecular complexity index is 472. The quantitative estimate of drug-likeness (QED) is 0.707. The van der Waals surface area contributed by atoms with E-state index < -0.39 is 0 Å². The molecular weight excluding hydrogens is 272 g/mol. The third-order valence-electron chi connectivity index (χ3n) is 8.66. The lowest BCUT2D eigenvalue weighted by atomic mass is 9.45. The van der Waals surface area contributed by atoms with Crippen LogP contribution in [0.1, 0.15) is 71.6 Å². The number of rotatable bonds is 1. The molecule has 0 radical (unpaired) electrons. The second kappa shape index (κ2) is 5.06. The second-order valence-corrected chi connectivity index (χ2v) is 9.21. The van der Waals surface area contributed by atoms with Gasteiger partial charge in [-0.25, -0.2) is 0 Å². The maximum absolute atomic E-state index is 12.4. The molecule has 4 aliphatic rings. The van der Waals surface area contributed by atoms with Gasteiger partial charge in [0.2, 0.25) is 0 Å². The average Bonchev–Trinajstić information content (AvgIpc) is 2.82. The van der Waals surface area contributed by atoms with Gasteiger partial charge in [-0.05, 0) is 80.5 Å². The molecule has 0 amide bonds. The highest BCUT2D eigenvalue weighted by Gasteiger charge is 2.60. The van der Waals surface area contributed by atoms with Crippen LogP contribution in [0, 0.1) is 34.5 Å². The maximum atomic E-state index is 12.4. The van der Waals surface area contributed by atoms with Crippen molar-refractivity contribution < 1.29 is 9.53 Å². The van der Waals surface area contributed by atoms with Crippen LogP contribution in [0.3, 0.4) is 0 Å². The van der Waals surface area contributed by atoms with E-state index in [2.05, 4.69) is 13.8 Å². The number of ether oxygens (including phenoxy) is 1. The van der Waals surface area contributed by atoms with Gasteiger partial charge in [0.1, 0.15) is 5.78 Å². The summed E-state index contributed by atoms with van der Waals surface area (Å²) in [5.74, 6) is 3.82. The fourth-order valence-electron chi connectivity index (χ4n) is 7.20. The van der Waals surface area contributed by atoms with Crippen LogP contribution in [0.25, 0.3) is 0 Å². The maximum Gasteiger partial charge on any atom is 0.139 e. The molecule has 4 saturated carbocycles. The number of methoxy groups -OCH3 is 1. The Kier molecular flexibility index (Phi) is 3.49. The van der Waals surface area contributed by atoms with Gasteiger partial charge in [-0.2, -0.15) is 0 Å². The molecule has 2 nitrogen and oxygen atoms in total. The summed E-state index contributed by atoms with van der Waals surface area (Å²) in [5.41, 5.74) is 0.555. The topological polar surface area (TPSA) is 26.3 Å². The summed E-state index contributed by atoms with van der Waals surface area (Å²) >= 11 is 0. The van der Waals surface area contributed by atoms with Crippen molar-refractivity contribution in [3.05, 3.63) is 0 Å². The molecular formula is C20H32O2. The summed E-state index contributed by atoms with van der Waals surface area (Å²) in [7, 11) is 1.88. The number of ketones is 1. The van der Waals surface area contributed by atoms with Crippen molar-refractivity contribution in [3.63, 3.8) is 0 Å². The summed E-state index contributed by atoms with van der Waals surface area (Å²) in [4.78, 5) is 12.4. The molecule has 2 heteroatoms. The van der Waals surface area contributed by atoms with Gasteiger partial charge in [0.05, 0.1) is 6.10 Å². The fourth-order valence-corrected chi connectivity index (χ4v) is 7.20. The van der Waals surface area contributed by atoms with Crippen LogP contribution in [0.4, 0.5) is 0 Å². The Morgan fingerprint density at radius 1 is 1.00 bits per heavy atom. The Balaban J connectivity index is 1.60. The summed E-state index contributed by atoms with van der Waals surface area (Å²) in [6, 6.07) is 0. The highest BCUT2D eigenvalue weighted by Crippen LogP contribution is 2.65. The van der Waals surface area contributed by atoms with Gasteiger partial charge in [-0.15, -0.1) is 0 Å². The molecule has 0 aromatic carbocycles. The molecule has 0 aliphatic heterocycles. The summed E-state index contributed by atoms with van der Waals surface area (Å²) in [5, 5.41) is 0. The molecule has 4 rings (SSSR count). The number of fused-ring (bicyclic) bond motifs is 5. The van der Waals surface area contributed by atoms with Gasteiger partial charge in [0.15, 0.2) is 0 Å². The lowest BCUT2D eigenvalue weighted by Crippen LogP contribution is -2.54. The molecule has 0 saturated heterocycles. The SMILES string of the molecule is CO[C@H]1CC[C@@]2(C)C(CC[C@@H]3[C@@H]2CC[C@]2(C)C(=O)CC[C@@H]32)C1. The van der Waals surface area contributed by atoms with Crippen LogP contribution in [-0.4, -0.2) is 19.0 Å². The van der Waals surface area contributed by atoms with E-state index in [9.17, 15) is 4.79 Å². The Morgan fingerprint density at radius 2 is 1.82 bits per heavy atom. The molecule has 4 fully saturated rings. The summed E-state index contributed by atoms with van der Waals surface area (Å²) < 4.78 is 5.68. The minimum absolute atomic E-state index is 0.0358. The van der Waals surface area contributed by atoms with E-state index in [1.165, 1.54) is 44.9 Å². The first-order chi connectivity index (χ1) is 10.5. The molecule has 1 unspecified atom stereocenters. The van der Waals surface area contributed by atoms with Crippen molar-refractivity contribution in [2.75, 3.05) is 7.11 Å². The Labute approximate surface area is 135 Å². The summed E-state index contributed by atoms with van der Waals surface area (Å²) in [6.45, 7) is 4.87. The van der Waals surface area contributed by atoms with Crippen LogP contribution in [0.15, 0.2) is 0 Å². The van der Waals surface area contributed by atoms with Gasteiger partial charge in [-0.1, -0.05) is 13.8 Å². The van der Waals surface area contributed by atoms with Crippen LogP contribution in [-0.2, 0) is 9.53 Å². The number of hydrogen-bond donors (Lipinski definition) is 0. The molecule has 0 heterocycles. The van der Waals surface area contributed by atoms with Crippen LogP contribution < -0.4 is 0 Å². The molecule has 124 valence electrons. The molecule has 22 heavy (non-hydrogen) atoms. The van der Waals surface area contributed by atoms with Crippen molar-refractivity contribution >= 4 is 5.78 Å². The van der Waals surface area contributed by atoms with E-state index in [0.29, 0.717) is 23.2 Å². The van der Waals surface area contributed by atoms with Crippen molar-refractivity contribution in [2.24, 2.45) is 34.5 Å². The summed E-state index contributed by atoms with van der Waals surface area (Å²) in [6.07, 6.45) is 11.6. The molecule has 0 aromatic heterocycles. The lowest BCUT2D eigenvalue weighted by Gasteiger charge is -2.60. The van der Waals surface area contributed by atoms with Crippen molar-refractivity contribution in [3.8, 4) is 0 Å². The first kappa shape index (κ1) is 15.2. The molecule has 7 atom stereocenters. The molecule has 4 aliphatic carbocycles. The van der Waals surface area contributed by atoms with E-state index in [0.717, 1.165) is 30.6 Å². The highest BCUT2D eigenvalue weighted by molar-refractivity contribution is 5.87. The fraction of sp³-hybridized carbons (Fsp3) is 0.950. The Morgan fingerprint density at radius 3 is 2.59 bits per heavy atom. The third-order valence-corrected chi connectivity index (χ3v) is 8.66. The smallest absolute Gasteiger partial charge is 0.139 e. The zero-order chi connectivity index (χ0) is 15.5. The first-order valence-corrected chi connectivity index (χ1v) is 9.55. The molecule has 0 spiro atoms. The lowest BCUT2D eigenvalue weighted by molar-refractivity contribution is -0.143. The van der Waals surface area contributed by atoms with Crippen molar-refractivity contribution in [2.45, 2.75) is 77.7 Å². The van der Waals surface area contributed by atoms with E-state index in [4.69, 9.17) is 4.74 Å². The van der Waals surface area contributed by atoms with Gasteiger partial charge < -0.3 is 4.74 Å². The van der Waals surface area contributed by atoms with Crippen LogP contribution >= 0.6 is 0 Å². The standard InChI is InChI=1S/C20H32O2/c1-19-10-8-14(22-3)12-13(19)4-5-15-16-6-7-18(21)20(16,2)11-9-17(15)19/h13-17H,4-12H2,1-3H3/t13?,14-,15-,16-,17-,19-,20-/m0/s1. The van der Waals surface area contributed by atoms with Crippen LogP contribution in [0.2, 0.25) is 0 Å². The number of Topliss-reactive ketones (excluding diaryl/α,β-unsaturated/α-hetero) is 1. The third kappa shape index (κ3) is 1.92. The van der Waals surface area contributed by atoms with Gasteiger partial charge >= 0.3 is 0 Å². The zero-order valence-electron chi connectivity index (χ0n) is 14.6. The normalized spacial score (nSPS) is 54.5. The molecule has 0 N–H and O–H groups in total. The van der Waals surface area contributed by atoms with E-state index >= 15 is 0 Å². The largest absolute Gasteiger partial charge is 0.381 e. The minimum atomic E-state index is 0.0358. The van der Waals surface area contributed by atoms with Crippen molar-refractivity contribution in [1.82, 2.24) is 0 Å². The van der Waals surface area contributed by atoms with E-state index in [-0.39, 0.29) is 5.41 Å². The van der Waals surface area contributed by atoms with Gasteiger partial charge in [-0.3, -0.25) is 4.79 Å². The molecule has 0 bridgehead atoms. The number of hydrogen-bond acceptors (Lipinski definition) is 2. The highest BCUT2D eigenvalue weighted by atomic mass is 16.5. The van der Waals surface area contributed by atoms with Crippen molar-refractivity contribution in [1.29, 1.82) is 0 Å². The van der Waals surface area contributed by atoms with Gasteiger partial charge in [0.25, 0.3) is 0 Å². The van der Waals surface area contributed by atoms with Crippen LogP contribution in [0.5, 0.6) is 0 Å². The Hall–Kier alpha value is -0.370. The minimum Gasteiger partial charge on any atom is -0.381 e. The first-order valence-electron chi connectivity index (χ1n) is 9.55. The second-order valence-electron chi connectivity index (χ2n) is 9.21. The number of carbonyl (C=O) groups excluding carboxylic acids is 1. The predicted octanol–water partition coefficient (Wildman–Crippen LogP) is 4.61.